The van der Waals surface area contributed by atoms with Gasteiger partial charge in [0.1, 0.15) is 0 Å². The Hall–Kier alpha value is -0.900. The predicted octanol–water partition coefficient (Wildman–Crippen LogP) is 0.184. The molecule has 1 atom stereocenters. The molecule has 0 saturated carbocycles. The van der Waals surface area contributed by atoms with Crippen LogP contribution in [0.5, 0.6) is 0 Å². The molecule has 1 aliphatic heterocycles. The van der Waals surface area contributed by atoms with Gasteiger partial charge in [-0.1, -0.05) is 24.3 Å². The molecule has 1 aromatic rings. The number of fused-ring (bicyclic) bond motifs is 1. The van der Waals surface area contributed by atoms with Crippen molar-refractivity contribution >= 4 is 0 Å². The molecule has 0 amide bonds. The molecule has 1 heterocycles. The van der Waals surface area contributed by atoms with Crippen LogP contribution in [-0.4, -0.2) is 23.0 Å². The van der Waals surface area contributed by atoms with E-state index in [2.05, 4.69) is 5.32 Å². The van der Waals surface area contributed by atoms with Gasteiger partial charge in [-0.05, 0) is 24.1 Å². The Labute approximate surface area is 77.0 Å². The number of hydrogen-bond acceptors (Lipinski definition) is 3. The maximum absolute atomic E-state index is 9.12. The Kier molecular flexibility index (Phi) is 2.31. The Morgan fingerprint density at radius 3 is 2.85 bits per heavy atom. The van der Waals surface area contributed by atoms with Crippen LogP contribution < -0.4 is 5.32 Å². The lowest BCUT2D eigenvalue weighted by molar-refractivity contribution is -0.0694. The van der Waals surface area contributed by atoms with Crippen molar-refractivity contribution in [1.29, 1.82) is 0 Å². The van der Waals surface area contributed by atoms with Gasteiger partial charge in [-0.2, -0.15) is 0 Å². The van der Waals surface area contributed by atoms with Crippen LogP contribution in [0.1, 0.15) is 17.2 Å². The molecule has 0 fully saturated rings. The molecular weight excluding hydrogens is 166 g/mol. The summed E-state index contributed by atoms with van der Waals surface area (Å²) in [7, 11) is 0. The highest BCUT2D eigenvalue weighted by molar-refractivity contribution is 5.32. The van der Waals surface area contributed by atoms with Gasteiger partial charge in [0.15, 0.2) is 6.29 Å². The maximum Gasteiger partial charge on any atom is 0.171 e. The van der Waals surface area contributed by atoms with E-state index in [1.807, 2.05) is 24.3 Å². The van der Waals surface area contributed by atoms with E-state index in [1.165, 1.54) is 5.56 Å². The molecule has 13 heavy (non-hydrogen) atoms. The van der Waals surface area contributed by atoms with Gasteiger partial charge in [0, 0.05) is 0 Å². The van der Waals surface area contributed by atoms with Crippen molar-refractivity contribution < 1.29 is 10.2 Å². The molecule has 1 aliphatic rings. The van der Waals surface area contributed by atoms with Crippen LogP contribution in [0.4, 0.5) is 0 Å². The zero-order valence-corrected chi connectivity index (χ0v) is 7.27. The molecule has 3 heteroatoms. The summed E-state index contributed by atoms with van der Waals surface area (Å²) < 4.78 is 0. The summed E-state index contributed by atoms with van der Waals surface area (Å²) in [6, 6.07) is 7.54. The molecule has 0 aromatic heterocycles. The van der Waals surface area contributed by atoms with Crippen molar-refractivity contribution in [3.63, 3.8) is 0 Å². The highest BCUT2D eigenvalue weighted by atomic mass is 16.5. The van der Waals surface area contributed by atoms with Gasteiger partial charge in [0.25, 0.3) is 0 Å². The van der Waals surface area contributed by atoms with E-state index in [-0.39, 0.29) is 6.04 Å². The van der Waals surface area contributed by atoms with E-state index in [0.29, 0.717) is 0 Å². The van der Waals surface area contributed by atoms with Gasteiger partial charge >= 0.3 is 0 Å². The first-order valence-electron chi connectivity index (χ1n) is 4.46. The summed E-state index contributed by atoms with van der Waals surface area (Å²) in [5.41, 5.74) is 2.21. The number of aliphatic hydroxyl groups is 2. The summed E-state index contributed by atoms with van der Waals surface area (Å²) in [5, 5.41) is 21.3. The first-order valence-corrected chi connectivity index (χ1v) is 4.46. The number of benzene rings is 1. The fourth-order valence-electron chi connectivity index (χ4n) is 1.80. The summed E-state index contributed by atoms with van der Waals surface area (Å²) in [4.78, 5) is 0. The second kappa shape index (κ2) is 3.46. The van der Waals surface area contributed by atoms with E-state index >= 15 is 0 Å². The average molecular weight is 179 g/mol. The largest absolute Gasteiger partial charge is 0.366 e. The van der Waals surface area contributed by atoms with Gasteiger partial charge in [0.05, 0.1) is 6.04 Å². The van der Waals surface area contributed by atoms with Crippen LogP contribution in [0.3, 0.4) is 0 Å². The minimum absolute atomic E-state index is 0.329. The van der Waals surface area contributed by atoms with Crippen molar-refractivity contribution in [1.82, 2.24) is 5.32 Å². The van der Waals surface area contributed by atoms with E-state index in [0.717, 1.165) is 18.5 Å². The number of hydrogen-bond donors (Lipinski definition) is 3. The molecule has 0 aliphatic carbocycles. The van der Waals surface area contributed by atoms with Gasteiger partial charge in [-0.3, -0.25) is 0 Å². The van der Waals surface area contributed by atoms with E-state index < -0.39 is 6.29 Å². The van der Waals surface area contributed by atoms with Crippen molar-refractivity contribution in [2.24, 2.45) is 0 Å². The minimum Gasteiger partial charge on any atom is -0.366 e. The van der Waals surface area contributed by atoms with Crippen LogP contribution in [0.2, 0.25) is 0 Å². The van der Waals surface area contributed by atoms with E-state index in [1.54, 1.807) is 0 Å². The van der Waals surface area contributed by atoms with Crippen molar-refractivity contribution in [2.75, 3.05) is 6.54 Å². The molecule has 3 nitrogen and oxygen atoms in total. The lowest BCUT2D eigenvalue weighted by atomic mass is 9.94. The van der Waals surface area contributed by atoms with Gasteiger partial charge in [-0.25, -0.2) is 0 Å². The molecule has 0 saturated heterocycles. The molecule has 70 valence electrons. The first-order chi connectivity index (χ1) is 6.29. The molecule has 0 spiro atoms. The van der Waals surface area contributed by atoms with Crippen LogP contribution in [0, 0.1) is 0 Å². The van der Waals surface area contributed by atoms with Crippen LogP contribution in [-0.2, 0) is 6.42 Å². The molecular formula is C10H13NO2. The Bertz CT molecular complexity index is 299. The normalized spacial score (nSPS) is 21.6. The van der Waals surface area contributed by atoms with Crippen LogP contribution in [0.25, 0.3) is 0 Å². The third-order valence-electron chi connectivity index (χ3n) is 2.45. The van der Waals surface area contributed by atoms with Gasteiger partial charge in [-0.15, -0.1) is 0 Å². The second-order valence-corrected chi connectivity index (χ2v) is 3.29. The summed E-state index contributed by atoms with van der Waals surface area (Å²) in [5.74, 6) is 0. The molecule has 1 unspecified atom stereocenters. The molecule has 2 rings (SSSR count). The topological polar surface area (TPSA) is 52.5 Å². The molecule has 0 bridgehead atoms. The third kappa shape index (κ3) is 1.58. The number of rotatable bonds is 1. The summed E-state index contributed by atoms with van der Waals surface area (Å²) in [6.45, 7) is 0.805. The van der Waals surface area contributed by atoms with Crippen molar-refractivity contribution in [3.05, 3.63) is 35.4 Å². The standard InChI is InChI=1S/C10H13NO2/c12-10(13)9-8-4-2-1-3-7(8)5-6-11-9/h1-4,9-13H,5-6H2. The van der Waals surface area contributed by atoms with Crippen LogP contribution in [0.15, 0.2) is 24.3 Å². The summed E-state index contributed by atoms with van der Waals surface area (Å²) >= 11 is 0. The number of aliphatic hydroxyl groups excluding tert-OH is 1. The number of nitrogens with one attached hydrogen (secondary N) is 1. The Morgan fingerprint density at radius 1 is 1.31 bits per heavy atom. The maximum atomic E-state index is 9.12. The minimum atomic E-state index is -1.32. The molecule has 0 radical (unpaired) electrons. The second-order valence-electron chi connectivity index (χ2n) is 3.29. The smallest absolute Gasteiger partial charge is 0.171 e. The van der Waals surface area contributed by atoms with E-state index in [4.69, 9.17) is 10.2 Å². The summed E-state index contributed by atoms with van der Waals surface area (Å²) in [6.07, 6.45) is -0.360. The quantitative estimate of drug-likeness (QED) is 0.539. The predicted molar refractivity (Wildman–Crippen MR) is 49.1 cm³/mol. The van der Waals surface area contributed by atoms with Gasteiger partial charge in [0.2, 0.25) is 0 Å². The molecule has 3 N–H and O–H groups in total. The zero-order valence-electron chi connectivity index (χ0n) is 7.27. The first kappa shape index (κ1) is 8.69. The highest BCUT2D eigenvalue weighted by Crippen LogP contribution is 2.23. The fraction of sp³-hybridized carbons (Fsp3) is 0.400. The van der Waals surface area contributed by atoms with Crippen molar-refractivity contribution in [3.8, 4) is 0 Å². The van der Waals surface area contributed by atoms with Crippen LogP contribution >= 0.6 is 0 Å². The lowest BCUT2D eigenvalue weighted by Crippen LogP contribution is -2.37. The lowest BCUT2D eigenvalue weighted by Gasteiger charge is -2.27. The monoisotopic (exact) mass is 179 g/mol. The Morgan fingerprint density at radius 2 is 2.08 bits per heavy atom. The average Bonchev–Trinajstić information content (AvgIpc) is 2.17. The highest BCUT2D eigenvalue weighted by Gasteiger charge is 2.23. The Balaban J connectivity index is 2.37. The molecule has 1 aromatic carbocycles. The fourth-order valence-corrected chi connectivity index (χ4v) is 1.80. The SMILES string of the molecule is OC(O)C1NCCc2ccccc21. The van der Waals surface area contributed by atoms with Crippen molar-refractivity contribution in [2.45, 2.75) is 18.8 Å². The van der Waals surface area contributed by atoms with E-state index in [9.17, 15) is 0 Å². The van der Waals surface area contributed by atoms with Gasteiger partial charge < -0.3 is 15.5 Å². The third-order valence-corrected chi connectivity index (χ3v) is 2.45. The zero-order chi connectivity index (χ0) is 9.26.